The second-order valence-corrected chi connectivity index (χ2v) is 10.7. The molecule has 1 fully saturated rings. The Hall–Kier alpha value is 0.487. The van der Waals surface area contributed by atoms with E-state index in [0.717, 1.165) is 0 Å². The fourth-order valence-electron chi connectivity index (χ4n) is 2.16. The average molecular weight is 234 g/mol. The lowest BCUT2D eigenvalue weighted by Gasteiger charge is -2.56. The van der Waals surface area contributed by atoms with Gasteiger partial charge in [-0.2, -0.15) is 0 Å². The zero-order valence-corrected chi connectivity index (χ0v) is 12.4. The molecule has 2 N–H and O–H groups in total. The standard InChI is InChI=1S/C10H26N2SSi/c1-5-9(3)12(10(4)6-2)13(11)7-14-8-13/h9-10H,5-8,11,14H2,1-4H3. The Balaban J connectivity index is 2.70. The van der Waals surface area contributed by atoms with E-state index < -0.39 is 10.4 Å². The van der Waals surface area contributed by atoms with E-state index in [1.807, 2.05) is 0 Å². The molecule has 2 nitrogen and oxygen atoms in total. The smallest absolute Gasteiger partial charge is 0.0454 e. The minimum absolute atomic E-state index is 0.249. The Kier molecular flexibility index (Phi) is 4.49. The van der Waals surface area contributed by atoms with Crippen molar-refractivity contribution in [2.75, 3.05) is 10.8 Å². The van der Waals surface area contributed by atoms with E-state index in [1.54, 1.807) is 0 Å². The molecule has 2 unspecified atom stereocenters. The molecule has 0 aromatic heterocycles. The Morgan fingerprint density at radius 3 is 1.86 bits per heavy atom. The van der Waals surface area contributed by atoms with Crippen molar-refractivity contribution in [2.45, 2.75) is 52.6 Å². The third-order valence-electron chi connectivity index (χ3n) is 3.47. The summed E-state index contributed by atoms with van der Waals surface area (Å²) in [7, 11) is -0.558. The van der Waals surface area contributed by atoms with Crippen LogP contribution < -0.4 is 5.14 Å². The van der Waals surface area contributed by atoms with E-state index in [4.69, 9.17) is 5.14 Å². The number of hydrogen-bond donors (Lipinski definition) is 1. The van der Waals surface area contributed by atoms with E-state index in [2.05, 4.69) is 32.0 Å². The van der Waals surface area contributed by atoms with Gasteiger partial charge in [-0.15, -0.1) is 10.4 Å². The van der Waals surface area contributed by atoms with Gasteiger partial charge in [0.2, 0.25) is 0 Å². The molecule has 2 atom stereocenters. The minimum Gasteiger partial charge on any atom is -0.284 e. The Labute approximate surface area is 93.0 Å². The molecule has 4 heteroatoms. The van der Waals surface area contributed by atoms with Crippen LogP contribution >= 0.6 is 10.4 Å². The lowest BCUT2D eigenvalue weighted by molar-refractivity contribution is 0.280. The Morgan fingerprint density at radius 2 is 1.64 bits per heavy atom. The van der Waals surface area contributed by atoms with Gasteiger partial charge in [0.1, 0.15) is 0 Å². The monoisotopic (exact) mass is 234 g/mol. The molecule has 86 valence electrons. The second-order valence-electron chi connectivity index (χ2n) is 4.54. The summed E-state index contributed by atoms with van der Waals surface area (Å²) in [5.74, 6) is 0. The molecule has 0 amide bonds. The van der Waals surface area contributed by atoms with Crippen LogP contribution in [0.15, 0.2) is 0 Å². The van der Waals surface area contributed by atoms with Crippen LogP contribution in [0.3, 0.4) is 0 Å². The Bertz CT molecular complexity index is 175. The van der Waals surface area contributed by atoms with Gasteiger partial charge in [-0.1, -0.05) is 13.8 Å². The van der Waals surface area contributed by atoms with Gasteiger partial charge in [-0.05, 0) is 37.4 Å². The summed E-state index contributed by atoms with van der Waals surface area (Å²) in [5.41, 5.74) is 0. The van der Waals surface area contributed by atoms with Crippen LogP contribution in [0.4, 0.5) is 0 Å². The molecule has 1 saturated heterocycles. The van der Waals surface area contributed by atoms with E-state index in [-0.39, 0.29) is 9.52 Å². The summed E-state index contributed by atoms with van der Waals surface area (Å²) in [6, 6.07) is 1.36. The summed E-state index contributed by atoms with van der Waals surface area (Å²) in [6.45, 7) is 9.24. The first-order chi connectivity index (χ1) is 6.55. The van der Waals surface area contributed by atoms with Crippen LogP contribution in [0.1, 0.15) is 40.5 Å². The SMILES string of the molecule is CCC(C)N(C(C)CC)S1(N)C[SiH2]C1. The minimum atomic E-state index is -0.807. The molecular weight excluding hydrogens is 208 g/mol. The van der Waals surface area contributed by atoms with Gasteiger partial charge in [0, 0.05) is 21.6 Å². The van der Waals surface area contributed by atoms with E-state index in [0.29, 0.717) is 12.1 Å². The number of nitrogens with two attached hydrogens (primary N) is 1. The first-order valence-corrected chi connectivity index (χ1v) is 9.89. The molecule has 1 aliphatic heterocycles. The molecule has 1 aliphatic rings. The van der Waals surface area contributed by atoms with Gasteiger partial charge in [0.05, 0.1) is 0 Å². The maximum absolute atomic E-state index is 6.54. The van der Waals surface area contributed by atoms with Crippen LogP contribution in [0.5, 0.6) is 0 Å². The topological polar surface area (TPSA) is 29.3 Å². The van der Waals surface area contributed by atoms with Crippen LogP contribution in [-0.2, 0) is 0 Å². The zero-order chi connectivity index (χ0) is 10.8. The van der Waals surface area contributed by atoms with Gasteiger partial charge in [0.15, 0.2) is 0 Å². The number of hydrogen-bond acceptors (Lipinski definition) is 2. The van der Waals surface area contributed by atoms with Crippen molar-refractivity contribution in [1.82, 2.24) is 4.31 Å². The van der Waals surface area contributed by atoms with Gasteiger partial charge in [-0.3, -0.25) is 9.44 Å². The molecule has 1 rings (SSSR count). The molecule has 0 aliphatic carbocycles. The molecular formula is C10H26N2SSi. The van der Waals surface area contributed by atoms with Crippen molar-refractivity contribution >= 4 is 19.9 Å². The summed E-state index contributed by atoms with van der Waals surface area (Å²) in [4.78, 5) is 0. The van der Waals surface area contributed by atoms with E-state index >= 15 is 0 Å². The van der Waals surface area contributed by atoms with Crippen molar-refractivity contribution in [1.29, 1.82) is 0 Å². The predicted molar refractivity (Wildman–Crippen MR) is 71.4 cm³/mol. The first kappa shape index (κ1) is 12.6. The van der Waals surface area contributed by atoms with Crippen molar-refractivity contribution in [2.24, 2.45) is 5.14 Å². The van der Waals surface area contributed by atoms with Crippen molar-refractivity contribution in [3.8, 4) is 0 Å². The second kappa shape index (κ2) is 5.01. The highest BCUT2D eigenvalue weighted by Gasteiger charge is 2.38. The molecule has 0 aromatic rings. The lowest BCUT2D eigenvalue weighted by Crippen LogP contribution is -2.54. The Morgan fingerprint density at radius 1 is 1.21 bits per heavy atom. The zero-order valence-electron chi connectivity index (χ0n) is 10.1. The highest BCUT2D eigenvalue weighted by molar-refractivity contribution is 8.34. The van der Waals surface area contributed by atoms with Gasteiger partial charge in [-0.25, -0.2) is 0 Å². The third-order valence-corrected chi connectivity index (χ3v) is 13.0. The molecule has 0 saturated carbocycles. The molecule has 0 spiro atoms. The molecule has 0 bridgehead atoms. The van der Waals surface area contributed by atoms with Crippen LogP contribution in [-0.4, -0.2) is 36.7 Å². The van der Waals surface area contributed by atoms with E-state index in [9.17, 15) is 0 Å². The van der Waals surface area contributed by atoms with Gasteiger partial charge < -0.3 is 0 Å². The van der Waals surface area contributed by atoms with Crippen LogP contribution in [0, 0.1) is 0 Å². The highest BCUT2D eigenvalue weighted by Crippen LogP contribution is 2.51. The largest absolute Gasteiger partial charge is 0.284 e. The first-order valence-electron chi connectivity index (χ1n) is 5.90. The maximum Gasteiger partial charge on any atom is 0.0454 e. The van der Waals surface area contributed by atoms with E-state index in [1.165, 1.54) is 23.6 Å². The highest BCUT2D eigenvalue weighted by atomic mass is 32.3. The van der Waals surface area contributed by atoms with Crippen LogP contribution in [0.2, 0.25) is 0 Å². The summed E-state index contributed by atoms with van der Waals surface area (Å²) in [5, 5.41) is 9.35. The summed E-state index contributed by atoms with van der Waals surface area (Å²) >= 11 is 0. The van der Waals surface area contributed by atoms with Crippen molar-refractivity contribution in [3.05, 3.63) is 0 Å². The predicted octanol–water partition coefficient (Wildman–Crippen LogP) is 1.58. The molecule has 0 radical (unpaired) electrons. The number of nitrogens with zero attached hydrogens (tertiary/aromatic N) is 1. The fourth-order valence-corrected chi connectivity index (χ4v) is 9.10. The molecule has 0 aromatic carbocycles. The molecule has 14 heavy (non-hydrogen) atoms. The van der Waals surface area contributed by atoms with Crippen molar-refractivity contribution in [3.63, 3.8) is 0 Å². The van der Waals surface area contributed by atoms with Gasteiger partial charge in [0.25, 0.3) is 0 Å². The fraction of sp³-hybridized carbons (Fsp3) is 1.00. The summed E-state index contributed by atoms with van der Waals surface area (Å²) in [6.07, 6.45) is 2.47. The lowest BCUT2D eigenvalue weighted by atomic mass is 10.2. The maximum atomic E-state index is 6.54. The normalized spacial score (nSPS) is 37.6. The average Bonchev–Trinajstić information content (AvgIpc) is 2.14. The molecule has 1 heterocycles. The third kappa shape index (κ3) is 2.35. The summed E-state index contributed by atoms with van der Waals surface area (Å²) < 4.78 is 2.67. The number of rotatable bonds is 5. The quantitative estimate of drug-likeness (QED) is 0.732. The van der Waals surface area contributed by atoms with Crippen LogP contribution in [0.25, 0.3) is 0 Å². The van der Waals surface area contributed by atoms with Crippen molar-refractivity contribution < 1.29 is 0 Å². The van der Waals surface area contributed by atoms with Gasteiger partial charge >= 0.3 is 0 Å².